The van der Waals surface area contributed by atoms with E-state index in [4.69, 9.17) is 4.74 Å². The Labute approximate surface area is 138 Å². The molecule has 0 spiro atoms. The van der Waals surface area contributed by atoms with Crippen LogP contribution < -0.4 is 10.1 Å². The van der Waals surface area contributed by atoms with Gasteiger partial charge in [-0.2, -0.15) is 0 Å². The van der Waals surface area contributed by atoms with Crippen LogP contribution in [0.1, 0.15) is 20.1 Å². The minimum absolute atomic E-state index is 0.219. The summed E-state index contributed by atoms with van der Waals surface area (Å²) in [4.78, 5) is 22.8. The van der Waals surface area contributed by atoms with Crippen LogP contribution in [0.25, 0.3) is 0 Å². The molecule has 0 saturated carbocycles. The first-order valence-corrected chi connectivity index (χ1v) is 7.90. The van der Waals surface area contributed by atoms with Crippen molar-refractivity contribution in [2.75, 3.05) is 0 Å². The van der Waals surface area contributed by atoms with Crippen LogP contribution in [0.3, 0.4) is 0 Å². The first-order chi connectivity index (χ1) is 11.2. The fourth-order valence-electron chi connectivity index (χ4n) is 2.01. The number of nitrogens with one attached hydrogen (secondary N) is 1. The molecular weight excluding hydrogens is 310 g/mol. The SMILES string of the molecule is Cc1ccc(CNC(=O)c2cccnc2Oc2cccnc2)s1. The lowest BCUT2D eigenvalue weighted by Crippen LogP contribution is -2.23. The van der Waals surface area contributed by atoms with Gasteiger partial charge in [-0.15, -0.1) is 11.3 Å². The first kappa shape index (κ1) is 15.2. The molecule has 0 aliphatic rings. The van der Waals surface area contributed by atoms with E-state index >= 15 is 0 Å². The first-order valence-electron chi connectivity index (χ1n) is 7.09. The minimum atomic E-state index is -0.219. The maximum atomic E-state index is 12.4. The number of pyridine rings is 2. The average molecular weight is 325 g/mol. The average Bonchev–Trinajstić information content (AvgIpc) is 3.00. The Morgan fingerprint density at radius 2 is 2.09 bits per heavy atom. The molecule has 5 nitrogen and oxygen atoms in total. The Morgan fingerprint density at radius 1 is 1.22 bits per heavy atom. The van der Waals surface area contributed by atoms with E-state index in [0.717, 1.165) is 4.88 Å². The molecule has 0 bridgehead atoms. The number of rotatable bonds is 5. The number of thiophene rings is 1. The molecule has 0 aliphatic heterocycles. The van der Waals surface area contributed by atoms with E-state index < -0.39 is 0 Å². The van der Waals surface area contributed by atoms with Gasteiger partial charge in [0, 0.05) is 22.1 Å². The van der Waals surface area contributed by atoms with Crippen molar-refractivity contribution in [2.45, 2.75) is 13.5 Å². The van der Waals surface area contributed by atoms with Crippen molar-refractivity contribution in [1.29, 1.82) is 0 Å². The molecule has 0 fully saturated rings. The zero-order chi connectivity index (χ0) is 16.1. The normalized spacial score (nSPS) is 10.3. The lowest BCUT2D eigenvalue weighted by atomic mass is 10.2. The number of hydrogen-bond donors (Lipinski definition) is 1. The molecule has 1 N–H and O–H groups in total. The molecule has 6 heteroatoms. The predicted octanol–water partition coefficient (Wildman–Crippen LogP) is 3.57. The number of amides is 1. The van der Waals surface area contributed by atoms with Gasteiger partial charge in [0.25, 0.3) is 5.91 Å². The molecule has 1 amide bonds. The molecule has 0 aliphatic carbocycles. The monoisotopic (exact) mass is 325 g/mol. The van der Waals surface area contributed by atoms with Gasteiger partial charge in [0.1, 0.15) is 11.3 Å². The van der Waals surface area contributed by atoms with Crippen molar-refractivity contribution in [3.63, 3.8) is 0 Å². The molecule has 23 heavy (non-hydrogen) atoms. The summed E-state index contributed by atoms with van der Waals surface area (Å²) in [5.74, 6) is 0.581. The summed E-state index contributed by atoms with van der Waals surface area (Å²) in [6.07, 6.45) is 4.82. The van der Waals surface area contributed by atoms with E-state index in [2.05, 4.69) is 15.3 Å². The van der Waals surface area contributed by atoms with Crippen molar-refractivity contribution in [1.82, 2.24) is 15.3 Å². The minimum Gasteiger partial charge on any atom is -0.437 e. The Morgan fingerprint density at radius 3 is 2.83 bits per heavy atom. The highest BCUT2D eigenvalue weighted by Gasteiger charge is 2.14. The highest BCUT2D eigenvalue weighted by atomic mass is 32.1. The zero-order valence-electron chi connectivity index (χ0n) is 12.5. The summed E-state index contributed by atoms with van der Waals surface area (Å²) in [5, 5.41) is 2.89. The number of ether oxygens (including phenoxy) is 1. The van der Waals surface area contributed by atoms with Crippen LogP contribution in [-0.2, 0) is 6.54 Å². The third-order valence-electron chi connectivity index (χ3n) is 3.08. The van der Waals surface area contributed by atoms with Gasteiger partial charge >= 0.3 is 0 Å². The fraction of sp³-hybridized carbons (Fsp3) is 0.118. The van der Waals surface area contributed by atoms with E-state index in [1.807, 2.05) is 19.1 Å². The van der Waals surface area contributed by atoms with Gasteiger partial charge in [-0.25, -0.2) is 4.98 Å². The lowest BCUT2D eigenvalue weighted by molar-refractivity contribution is 0.0948. The molecule has 3 aromatic rings. The second kappa shape index (κ2) is 7.02. The van der Waals surface area contributed by atoms with Crippen molar-refractivity contribution in [2.24, 2.45) is 0 Å². The number of aromatic nitrogens is 2. The maximum Gasteiger partial charge on any atom is 0.257 e. The topological polar surface area (TPSA) is 64.1 Å². The highest BCUT2D eigenvalue weighted by Crippen LogP contribution is 2.22. The van der Waals surface area contributed by atoms with E-state index in [1.165, 1.54) is 4.88 Å². The summed E-state index contributed by atoms with van der Waals surface area (Å²) in [6.45, 7) is 2.52. The third-order valence-corrected chi connectivity index (χ3v) is 4.08. The maximum absolute atomic E-state index is 12.4. The molecule has 0 saturated heterocycles. The van der Waals surface area contributed by atoms with Crippen molar-refractivity contribution in [3.8, 4) is 11.6 Å². The van der Waals surface area contributed by atoms with Crippen molar-refractivity contribution >= 4 is 17.2 Å². The van der Waals surface area contributed by atoms with Crippen LogP contribution in [-0.4, -0.2) is 15.9 Å². The Bertz CT molecular complexity index is 802. The molecule has 0 radical (unpaired) electrons. The highest BCUT2D eigenvalue weighted by molar-refractivity contribution is 7.11. The quantitative estimate of drug-likeness (QED) is 0.779. The largest absolute Gasteiger partial charge is 0.437 e. The van der Waals surface area contributed by atoms with Crippen LogP contribution in [0.15, 0.2) is 55.0 Å². The third kappa shape index (κ3) is 3.92. The van der Waals surface area contributed by atoms with Gasteiger partial charge in [0.15, 0.2) is 0 Å². The number of hydrogen-bond acceptors (Lipinski definition) is 5. The second-order valence-corrected chi connectivity index (χ2v) is 6.21. The van der Waals surface area contributed by atoms with Gasteiger partial charge in [0.05, 0.1) is 12.7 Å². The van der Waals surface area contributed by atoms with E-state index in [9.17, 15) is 4.79 Å². The van der Waals surface area contributed by atoms with E-state index in [1.54, 1.807) is 54.2 Å². The number of carbonyl (C=O) groups is 1. The molecule has 3 heterocycles. The molecule has 116 valence electrons. The lowest BCUT2D eigenvalue weighted by Gasteiger charge is -2.09. The molecule has 0 unspecified atom stereocenters. The zero-order valence-corrected chi connectivity index (χ0v) is 13.3. The molecule has 0 aromatic carbocycles. The van der Waals surface area contributed by atoms with E-state index in [-0.39, 0.29) is 11.8 Å². The fourth-order valence-corrected chi connectivity index (χ4v) is 2.84. The van der Waals surface area contributed by atoms with Crippen molar-refractivity contribution in [3.05, 3.63) is 70.3 Å². The van der Waals surface area contributed by atoms with Crippen LogP contribution in [0.5, 0.6) is 11.6 Å². The summed E-state index contributed by atoms with van der Waals surface area (Å²) in [5.41, 5.74) is 0.393. The van der Waals surface area contributed by atoms with Crippen LogP contribution in [0.4, 0.5) is 0 Å². The van der Waals surface area contributed by atoms with Gasteiger partial charge < -0.3 is 10.1 Å². The number of carbonyl (C=O) groups excluding carboxylic acids is 1. The molecular formula is C17H15N3O2S. The van der Waals surface area contributed by atoms with Gasteiger partial charge in [0.2, 0.25) is 5.88 Å². The number of nitrogens with zero attached hydrogens (tertiary/aromatic N) is 2. The van der Waals surface area contributed by atoms with Crippen LogP contribution in [0.2, 0.25) is 0 Å². The van der Waals surface area contributed by atoms with Gasteiger partial charge in [-0.1, -0.05) is 0 Å². The predicted molar refractivity (Wildman–Crippen MR) is 88.8 cm³/mol. The van der Waals surface area contributed by atoms with Crippen LogP contribution >= 0.6 is 11.3 Å². The van der Waals surface area contributed by atoms with Gasteiger partial charge in [-0.3, -0.25) is 9.78 Å². The number of aryl methyl sites for hydroxylation is 1. The molecule has 0 atom stereocenters. The van der Waals surface area contributed by atoms with Crippen LogP contribution in [0, 0.1) is 6.92 Å². The molecule has 3 rings (SSSR count). The standard InChI is InChI=1S/C17H15N3O2S/c1-12-6-7-14(23-12)11-20-16(21)15-5-3-9-19-17(15)22-13-4-2-8-18-10-13/h2-10H,11H2,1H3,(H,20,21). The Balaban J connectivity index is 1.72. The van der Waals surface area contributed by atoms with E-state index in [0.29, 0.717) is 17.9 Å². The Kier molecular flexibility index (Phi) is 4.63. The van der Waals surface area contributed by atoms with Crippen molar-refractivity contribution < 1.29 is 9.53 Å². The summed E-state index contributed by atoms with van der Waals surface area (Å²) < 4.78 is 5.65. The molecule has 3 aromatic heterocycles. The smallest absolute Gasteiger partial charge is 0.257 e. The summed E-state index contributed by atoms with van der Waals surface area (Å²) >= 11 is 1.66. The summed E-state index contributed by atoms with van der Waals surface area (Å²) in [7, 11) is 0. The summed E-state index contributed by atoms with van der Waals surface area (Å²) in [6, 6.07) is 11.0. The Hall–Kier alpha value is -2.73. The second-order valence-electron chi connectivity index (χ2n) is 4.84. The van der Waals surface area contributed by atoms with Gasteiger partial charge in [-0.05, 0) is 43.3 Å².